The summed E-state index contributed by atoms with van der Waals surface area (Å²) in [7, 11) is -3.71. The maximum atomic E-state index is 14.7. The Balaban J connectivity index is 1.40. The molecule has 0 spiro atoms. The highest BCUT2D eigenvalue weighted by molar-refractivity contribution is 7.85. The van der Waals surface area contributed by atoms with Gasteiger partial charge in [-0.2, -0.15) is 8.42 Å². The Kier molecular flexibility index (Phi) is 8.63. The number of nitrogens with one attached hydrogen (secondary N) is 2. The number of nitrogens with zero attached hydrogens (tertiary/aromatic N) is 2. The lowest BCUT2D eigenvalue weighted by molar-refractivity contribution is -0.117. The fourth-order valence-corrected chi connectivity index (χ4v) is 5.47. The molecule has 2 aromatic heterocycles. The SMILES string of the molecule is CS(=O)(=O)OC[C@H]1CN(CC(=O)Nc2ccc(-n3ccccc3=O)cc2F)C[C@@H]1NC(=O)c1ccc(Cl)s1. The number of carbonyl (C=O) groups excluding carboxylic acids is 2. The van der Waals surface area contributed by atoms with E-state index in [0.29, 0.717) is 14.9 Å². The molecule has 0 aliphatic carbocycles. The molecule has 1 saturated heterocycles. The molecule has 0 bridgehead atoms. The molecular formula is C24H24ClFN4O6S2. The van der Waals surface area contributed by atoms with Gasteiger partial charge in [-0.1, -0.05) is 17.7 Å². The van der Waals surface area contributed by atoms with Gasteiger partial charge >= 0.3 is 0 Å². The van der Waals surface area contributed by atoms with Crippen molar-refractivity contribution in [1.82, 2.24) is 14.8 Å². The van der Waals surface area contributed by atoms with Crippen LogP contribution in [0.4, 0.5) is 10.1 Å². The molecule has 10 nitrogen and oxygen atoms in total. The van der Waals surface area contributed by atoms with E-state index in [0.717, 1.165) is 23.7 Å². The number of benzene rings is 1. The highest BCUT2D eigenvalue weighted by Gasteiger charge is 2.36. The van der Waals surface area contributed by atoms with Gasteiger partial charge < -0.3 is 10.6 Å². The molecule has 2 amide bonds. The van der Waals surface area contributed by atoms with Crippen LogP contribution in [0.3, 0.4) is 0 Å². The van der Waals surface area contributed by atoms with Crippen LogP contribution in [0.5, 0.6) is 0 Å². The predicted molar refractivity (Wildman–Crippen MR) is 142 cm³/mol. The van der Waals surface area contributed by atoms with Crippen LogP contribution in [0, 0.1) is 11.7 Å². The van der Waals surface area contributed by atoms with Crippen molar-refractivity contribution in [3.63, 3.8) is 0 Å². The number of rotatable bonds is 9. The van der Waals surface area contributed by atoms with Crippen LogP contribution >= 0.6 is 22.9 Å². The van der Waals surface area contributed by atoms with Gasteiger partial charge in [-0.05, 0) is 30.3 Å². The number of aromatic nitrogens is 1. The first kappa shape index (κ1) is 27.9. The van der Waals surface area contributed by atoms with E-state index in [1.807, 2.05) is 0 Å². The van der Waals surface area contributed by atoms with E-state index >= 15 is 0 Å². The number of pyridine rings is 1. The molecule has 2 N–H and O–H groups in total. The van der Waals surface area contributed by atoms with Gasteiger partial charge in [0, 0.05) is 43.4 Å². The van der Waals surface area contributed by atoms with Gasteiger partial charge in [0.05, 0.1) is 40.0 Å². The summed E-state index contributed by atoms with van der Waals surface area (Å²) in [6, 6.07) is 11.3. The molecule has 3 heterocycles. The Morgan fingerprint density at radius 3 is 2.63 bits per heavy atom. The smallest absolute Gasteiger partial charge is 0.264 e. The van der Waals surface area contributed by atoms with Crippen LogP contribution in [-0.2, 0) is 19.1 Å². The van der Waals surface area contributed by atoms with Crippen molar-refractivity contribution in [3.05, 3.63) is 80.1 Å². The van der Waals surface area contributed by atoms with E-state index in [-0.39, 0.29) is 43.4 Å². The van der Waals surface area contributed by atoms with Crippen molar-refractivity contribution >= 4 is 50.6 Å². The van der Waals surface area contributed by atoms with E-state index in [9.17, 15) is 27.2 Å². The lowest BCUT2D eigenvalue weighted by Gasteiger charge is -2.19. The van der Waals surface area contributed by atoms with Gasteiger partial charge in [-0.25, -0.2) is 4.39 Å². The Labute approximate surface area is 227 Å². The number of hydrogen-bond donors (Lipinski definition) is 2. The summed E-state index contributed by atoms with van der Waals surface area (Å²) >= 11 is 7.02. The van der Waals surface area contributed by atoms with Gasteiger partial charge in [0.15, 0.2) is 0 Å². The minimum absolute atomic E-state index is 0.0571. The Bertz CT molecular complexity index is 1510. The molecular weight excluding hydrogens is 559 g/mol. The van der Waals surface area contributed by atoms with Crippen LogP contribution in [-0.4, -0.2) is 68.2 Å². The Hall–Kier alpha value is -3.10. The zero-order valence-corrected chi connectivity index (χ0v) is 22.5. The average molecular weight is 583 g/mol. The number of carbonyl (C=O) groups is 2. The number of amides is 2. The largest absolute Gasteiger partial charge is 0.347 e. The Morgan fingerprint density at radius 2 is 1.97 bits per heavy atom. The monoisotopic (exact) mass is 582 g/mol. The third kappa shape index (κ3) is 7.26. The number of hydrogen-bond acceptors (Lipinski definition) is 8. The Morgan fingerprint density at radius 1 is 1.18 bits per heavy atom. The minimum Gasteiger partial charge on any atom is -0.347 e. The molecule has 38 heavy (non-hydrogen) atoms. The first-order valence-electron chi connectivity index (χ1n) is 11.4. The molecule has 3 aromatic rings. The molecule has 14 heteroatoms. The van der Waals surface area contributed by atoms with E-state index in [1.165, 1.54) is 29.0 Å². The molecule has 1 fully saturated rings. The van der Waals surface area contributed by atoms with Crippen molar-refractivity contribution in [2.75, 3.05) is 37.8 Å². The van der Waals surface area contributed by atoms with E-state index in [2.05, 4.69) is 10.6 Å². The summed E-state index contributed by atoms with van der Waals surface area (Å²) in [4.78, 5) is 39.4. The second kappa shape index (κ2) is 11.7. The lowest BCUT2D eigenvalue weighted by Crippen LogP contribution is -2.42. The van der Waals surface area contributed by atoms with Crippen LogP contribution in [0.1, 0.15) is 9.67 Å². The standard InChI is InChI=1S/C24H24ClFN4O6S2/c1-38(34,35)36-14-15-11-29(12-19(15)28-24(33)20-7-8-21(25)37-20)13-22(31)27-18-6-5-16(10-17(18)26)30-9-3-2-4-23(30)32/h2-10,15,19H,11-14H2,1H3,(H,27,31)(H,28,33)/t15-,19+/m1/s1. The molecule has 1 aliphatic heterocycles. The molecule has 202 valence electrons. The second-order valence-corrected chi connectivity index (χ2v) is 12.1. The number of thiophene rings is 1. The average Bonchev–Trinajstić information content (AvgIpc) is 3.44. The van der Waals surface area contributed by atoms with Crippen LogP contribution in [0.25, 0.3) is 5.69 Å². The van der Waals surface area contributed by atoms with E-state index < -0.39 is 33.8 Å². The highest BCUT2D eigenvalue weighted by Crippen LogP contribution is 2.24. The van der Waals surface area contributed by atoms with Gasteiger partial charge in [0.1, 0.15) is 5.82 Å². The van der Waals surface area contributed by atoms with Crippen LogP contribution in [0.15, 0.2) is 59.5 Å². The normalized spacial score (nSPS) is 17.9. The van der Waals surface area contributed by atoms with Gasteiger partial charge in [0.25, 0.3) is 21.6 Å². The molecule has 2 atom stereocenters. The van der Waals surface area contributed by atoms with E-state index in [4.69, 9.17) is 15.8 Å². The number of likely N-dealkylation sites (tertiary alicyclic amines) is 1. The quantitative estimate of drug-likeness (QED) is 0.371. The first-order chi connectivity index (χ1) is 18.0. The van der Waals surface area contributed by atoms with Crippen molar-refractivity contribution in [1.29, 1.82) is 0 Å². The van der Waals surface area contributed by atoms with Gasteiger partial charge in [0.2, 0.25) is 5.91 Å². The fourth-order valence-electron chi connectivity index (χ4n) is 4.10. The summed E-state index contributed by atoms with van der Waals surface area (Å²) in [6.45, 7) is 0.194. The predicted octanol–water partition coefficient (Wildman–Crippen LogP) is 2.34. The third-order valence-corrected chi connectivity index (χ3v) is 7.62. The molecule has 1 aromatic carbocycles. The van der Waals surface area contributed by atoms with Crippen molar-refractivity contribution in [2.45, 2.75) is 6.04 Å². The molecule has 4 rings (SSSR count). The summed E-state index contributed by atoms with van der Waals surface area (Å²) in [6.07, 6.45) is 2.44. The summed E-state index contributed by atoms with van der Waals surface area (Å²) in [5.41, 5.74) is -0.0702. The third-order valence-electron chi connectivity index (χ3n) is 5.82. The van der Waals surface area contributed by atoms with Crippen molar-refractivity contribution in [2.24, 2.45) is 5.92 Å². The van der Waals surface area contributed by atoms with Gasteiger partial charge in [-0.15, -0.1) is 11.3 Å². The minimum atomic E-state index is -3.71. The topological polar surface area (TPSA) is 127 Å². The summed E-state index contributed by atoms with van der Waals surface area (Å²) in [5.74, 6) is -2.01. The number of halogens is 2. The van der Waals surface area contributed by atoms with E-state index in [1.54, 1.807) is 29.2 Å². The maximum Gasteiger partial charge on any atom is 0.264 e. The lowest BCUT2D eigenvalue weighted by atomic mass is 10.1. The van der Waals surface area contributed by atoms with Crippen LogP contribution < -0.4 is 16.2 Å². The first-order valence-corrected chi connectivity index (χ1v) is 14.4. The zero-order chi connectivity index (χ0) is 27.4. The van der Waals surface area contributed by atoms with Crippen molar-refractivity contribution in [3.8, 4) is 5.69 Å². The van der Waals surface area contributed by atoms with Crippen molar-refractivity contribution < 1.29 is 26.6 Å². The van der Waals surface area contributed by atoms with Gasteiger partial charge in [-0.3, -0.25) is 28.0 Å². The molecule has 0 radical (unpaired) electrons. The highest BCUT2D eigenvalue weighted by atomic mass is 35.5. The molecule has 0 saturated carbocycles. The number of anilines is 1. The zero-order valence-electron chi connectivity index (χ0n) is 20.1. The second-order valence-electron chi connectivity index (χ2n) is 8.75. The maximum absolute atomic E-state index is 14.7. The fraction of sp³-hybridized carbons (Fsp3) is 0.292. The molecule has 1 aliphatic rings. The van der Waals surface area contributed by atoms with Crippen LogP contribution in [0.2, 0.25) is 4.34 Å². The summed E-state index contributed by atoms with van der Waals surface area (Å²) < 4.78 is 44.4. The summed E-state index contributed by atoms with van der Waals surface area (Å²) in [5, 5.41) is 5.38. The molecule has 0 unspecified atom stereocenters.